The summed E-state index contributed by atoms with van der Waals surface area (Å²) >= 11 is 0. The van der Waals surface area contributed by atoms with Gasteiger partial charge in [0, 0.05) is 19.6 Å². The van der Waals surface area contributed by atoms with Gasteiger partial charge in [0.15, 0.2) is 11.5 Å². The molecular weight excluding hydrogens is 352 g/mol. The second-order valence-electron chi connectivity index (χ2n) is 7.20. The Hall–Kier alpha value is -1.31. The van der Waals surface area contributed by atoms with E-state index in [2.05, 4.69) is 0 Å². The van der Waals surface area contributed by atoms with Crippen LogP contribution in [-0.4, -0.2) is 50.9 Å². The van der Waals surface area contributed by atoms with Crippen molar-refractivity contribution in [3.8, 4) is 11.5 Å². The third-order valence-electron chi connectivity index (χ3n) is 5.75. The first-order chi connectivity index (χ1) is 12.5. The van der Waals surface area contributed by atoms with E-state index in [1.165, 1.54) is 6.42 Å². The molecule has 0 radical (unpaired) electrons. The van der Waals surface area contributed by atoms with E-state index in [1.807, 2.05) is 18.2 Å². The molecule has 26 heavy (non-hydrogen) atoms. The lowest BCUT2D eigenvalue weighted by atomic mass is 9.96. The van der Waals surface area contributed by atoms with Crippen molar-refractivity contribution in [2.45, 2.75) is 57.0 Å². The zero-order valence-electron chi connectivity index (χ0n) is 16.0. The third kappa shape index (κ3) is 3.70. The molecule has 0 aromatic heterocycles. The first-order valence-electron chi connectivity index (χ1n) is 9.45. The highest BCUT2D eigenvalue weighted by Gasteiger charge is 2.40. The van der Waals surface area contributed by atoms with E-state index in [1.54, 1.807) is 29.9 Å². The molecule has 1 unspecified atom stereocenters. The van der Waals surface area contributed by atoms with Crippen LogP contribution in [0.4, 0.5) is 0 Å². The van der Waals surface area contributed by atoms with Gasteiger partial charge in [-0.1, -0.05) is 25.3 Å². The molecule has 2 aliphatic rings. The summed E-state index contributed by atoms with van der Waals surface area (Å²) in [6.45, 7) is 0.568. The molecule has 1 saturated carbocycles. The number of hydrogen-bond donors (Lipinski definition) is 0. The van der Waals surface area contributed by atoms with E-state index >= 15 is 0 Å². The average molecular weight is 383 g/mol. The van der Waals surface area contributed by atoms with Gasteiger partial charge in [-0.2, -0.15) is 17.0 Å². The Morgan fingerprint density at radius 1 is 1.00 bits per heavy atom. The molecule has 3 rings (SSSR count). The molecule has 1 saturated heterocycles. The fourth-order valence-electron chi connectivity index (χ4n) is 4.21. The van der Waals surface area contributed by atoms with E-state index < -0.39 is 10.2 Å². The van der Waals surface area contributed by atoms with Crippen LogP contribution in [0.5, 0.6) is 11.5 Å². The number of methoxy groups -OCH3 is 2. The van der Waals surface area contributed by atoms with Crippen LogP contribution in [0.1, 0.15) is 56.6 Å². The average Bonchev–Trinajstić information content (AvgIpc) is 3.18. The van der Waals surface area contributed by atoms with Crippen molar-refractivity contribution in [1.82, 2.24) is 8.61 Å². The van der Waals surface area contributed by atoms with Crippen molar-refractivity contribution in [1.29, 1.82) is 0 Å². The molecule has 1 aromatic rings. The van der Waals surface area contributed by atoms with E-state index in [0.717, 1.165) is 44.1 Å². The van der Waals surface area contributed by atoms with Gasteiger partial charge in [0.2, 0.25) is 0 Å². The van der Waals surface area contributed by atoms with Gasteiger partial charge in [-0.15, -0.1) is 0 Å². The van der Waals surface area contributed by atoms with Crippen LogP contribution in [0.2, 0.25) is 0 Å². The van der Waals surface area contributed by atoms with Crippen LogP contribution in [-0.2, 0) is 10.2 Å². The summed E-state index contributed by atoms with van der Waals surface area (Å²) in [4.78, 5) is 0. The molecule has 1 aliphatic carbocycles. The Morgan fingerprint density at radius 3 is 2.35 bits per heavy atom. The van der Waals surface area contributed by atoms with Crippen molar-refractivity contribution in [2.75, 3.05) is 27.8 Å². The lowest BCUT2D eigenvalue weighted by molar-refractivity contribution is 0.259. The summed E-state index contributed by atoms with van der Waals surface area (Å²) in [5, 5.41) is 0. The summed E-state index contributed by atoms with van der Waals surface area (Å²) in [5.41, 5.74) is 0.959. The van der Waals surface area contributed by atoms with Gasteiger partial charge in [-0.25, -0.2) is 0 Å². The Labute approximate surface area is 157 Å². The van der Waals surface area contributed by atoms with Gasteiger partial charge in [-0.05, 0) is 43.4 Å². The topological polar surface area (TPSA) is 59.1 Å². The Morgan fingerprint density at radius 2 is 1.69 bits per heavy atom. The maximum atomic E-state index is 13.3. The molecule has 1 heterocycles. The predicted octanol–water partition coefficient (Wildman–Crippen LogP) is 3.35. The highest BCUT2D eigenvalue weighted by Crippen LogP contribution is 2.39. The molecule has 146 valence electrons. The lowest BCUT2D eigenvalue weighted by Gasteiger charge is -2.35. The van der Waals surface area contributed by atoms with Gasteiger partial charge in [0.1, 0.15) is 0 Å². The molecule has 6 nitrogen and oxygen atoms in total. The number of ether oxygens (including phenoxy) is 2. The van der Waals surface area contributed by atoms with E-state index in [-0.39, 0.29) is 12.1 Å². The number of rotatable bonds is 6. The number of benzene rings is 1. The quantitative estimate of drug-likeness (QED) is 0.757. The SMILES string of the molecule is COc1ccc(C2CCCN2S(=O)(=O)N(C)C2CCCCC2)cc1OC. The van der Waals surface area contributed by atoms with Gasteiger partial charge in [0.05, 0.1) is 20.3 Å². The monoisotopic (exact) mass is 382 g/mol. The van der Waals surface area contributed by atoms with Gasteiger partial charge in [-0.3, -0.25) is 0 Å². The highest BCUT2D eigenvalue weighted by atomic mass is 32.2. The lowest BCUT2D eigenvalue weighted by Crippen LogP contribution is -2.46. The van der Waals surface area contributed by atoms with E-state index in [4.69, 9.17) is 9.47 Å². The molecule has 0 amide bonds. The largest absolute Gasteiger partial charge is 0.493 e. The second-order valence-corrected chi connectivity index (χ2v) is 9.14. The van der Waals surface area contributed by atoms with Crippen LogP contribution in [0.3, 0.4) is 0 Å². The summed E-state index contributed by atoms with van der Waals surface area (Å²) in [7, 11) is 1.47. The first-order valence-corrected chi connectivity index (χ1v) is 10.9. The van der Waals surface area contributed by atoms with Crippen LogP contribution < -0.4 is 9.47 Å². The Kier molecular flexibility index (Phi) is 6.10. The smallest absolute Gasteiger partial charge is 0.282 e. The number of hydrogen-bond acceptors (Lipinski definition) is 4. The minimum atomic E-state index is -3.48. The summed E-state index contributed by atoms with van der Waals surface area (Å²) in [6.07, 6.45) is 7.06. The maximum absolute atomic E-state index is 13.3. The minimum Gasteiger partial charge on any atom is -0.493 e. The molecule has 7 heteroatoms. The zero-order valence-corrected chi connectivity index (χ0v) is 16.8. The van der Waals surface area contributed by atoms with E-state index in [0.29, 0.717) is 18.0 Å². The first kappa shape index (κ1) is 19.5. The fraction of sp³-hybridized carbons (Fsp3) is 0.684. The Bertz CT molecular complexity index is 716. The fourth-order valence-corrected chi connectivity index (χ4v) is 6.03. The van der Waals surface area contributed by atoms with Crippen LogP contribution in [0.15, 0.2) is 18.2 Å². The van der Waals surface area contributed by atoms with Crippen molar-refractivity contribution >= 4 is 10.2 Å². The minimum absolute atomic E-state index is 0.125. The van der Waals surface area contributed by atoms with Crippen molar-refractivity contribution in [3.63, 3.8) is 0 Å². The molecule has 2 fully saturated rings. The van der Waals surface area contributed by atoms with Crippen LogP contribution in [0.25, 0.3) is 0 Å². The molecule has 0 bridgehead atoms. The van der Waals surface area contributed by atoms with Gasteiger partial charge < -0.3 is 9.47 Å². The second kappa shape index (κ2) is 8.15. The molecule has 1 aromatic carbocycles. The van der Waals surface area contributed by atoms with Crippen LogP contribution in [0, 0.1) is 0 Å². The molecule has 1 atom stereocenters. The van der Waals surface area contributed by atoms with E-state index in [9.17, 15) is 8.42 Å². The Balaban J connectivity index is 1.85. The molecule has 0 N–H and O–H groups in total. The van der Waals surface area contributed by atoms with Crippen molar-refractivity contribution < 1.29 is 17.9 Å². The van der Waals surface area contributed by atoms with Crippen molar-refractivity contribution in [2.24, 2.45) is 0 Å². The van der Waals surface area contributed by atoms with Gasteiger partial charge >= 0.3 is 0 Å². The summed E-state index contributed by atoms with van der Waals surface area (Å²) in [6, 6.07) is 5.67. The molecule has 1 aliphatic heterocycles. The van der Waals surface area contributed by atoms with Crippen LogP contribution >= 0.6 is 0 Å². The van der Waals surface area contributed by atoms with Gasteiger partial charge in [0.25, 0.3) is 10.2 Å². The third-order valence-corrected chi connectivity index (χ3v) is 7.80. The number of nitrogens with zero attached hydrogens (tertiary/aromatic N) is 2. The van der Waals surface area contributed by atoms with Crippen molar-refractivity contribution in [3.05, 3.63) is 23.8 Å². The summed E-state index contributed by atoms with van der Waals surface area (Å²) in [5.74, 6) is 1.29. The molecule has 0 spiro atoms. The summed E-state index contributed by atoms with van der Waals surface area (Å²) < 4.78 is 40.6. The normalized spacial score (nSPS) is 22.7. The zero-order chi connectivity index (χ0) is 18.7. The highest BCUT2D eigenvalue weighted by molar-refractivity contribution is 7.86. The predicted molar refractivity (Wildman–Crippen MR) is 102 cm³/mol. The maximum Gasteiger partial charge on any atom is 0.282 e. The standard InChI is InChI=1S/C19H30N2O4S/c1-20(16-8-5-4-6-9-16)26(22,23)21-13-7-10-17(21)15-11-12-18(24-2)19(14-15)25-3/h11-12,14,16-17H,4-10,13H2,1-3H3. The molecular formula is C19H30N2O4S.